The van der Waals surface area contributed by atoms with Crippen molar-refractivity contribution in [1.82, 2.24) is 4.98 Å². The Labute approximate surface area is 108 Å². The minimum absolute atomic E-state index is 0.215. The van der Waals surface area contributed by atoms with Gasteiger partial charge in [-0.3, -0.25) is 4.79 Å². The number of nitrogens with one attached hydrogen (secondary N) is 1. The predicted molar refractivity (Wildman–Crippen MR) is 73.7 cm³/mol. The topological polar surface area (TPSA) is 45.2 Å². The van der Waals surface area contributed by atoms with Gasteiger partial charge in [0.05, 0.1) is 11.9 Å². The molecule has 4 heteroatoms. The van der Waals surface area contributed by atoms with Gasteiger partial charge in [0.1, 0.15) is 5.82 Å². The minimum atomic E-state index is 0.215. The Balaban J connectivity index is 2.01. The molecule has 1 aliphatic rings. The Morgan fingerprint density at radius 3 is 2.61 bits per heavy atom. The zero-order valence-electron chi connectivity index (χ0n) is 11.3. The van der Waals surface area contributed by atoms with Gasteiger partial charge in [-0.1, -0.05) is 6.42 Å². The highest BCUT2D eigenvalue weighted by Gasteiger charge is 2.28. The summed E-state index contributed by atoms with van der Waals surface area (Å²) in [5.74, 6) is 1.29. The van der Waals surface area contributed by atoms with Gasteiger partial charge in [0.15, 0.2) is 0 Å². The lowest BCUT2D eigenvalue weighted by atomic mass is 9.84. The highest BCUT2D eigenvalue weighted by molar-refractivity contribution is 5.94. The van der Waals surface area contributed by atoms with Crippen LogP contribution in [0.4, 0.5) is 11.5 Å². The quantitative estimate of drug-likeness (QED) is 0.889. The number of aromatic nitrogens is 1. The number of anilines is 2. The van der Waals surface area contributed by atoms with E-state index in [0.29, 0.717) is 6.04 Å². The largest absolute Gasteiger partial charge is 0.368 e. The molecule has 0 aliphatic heterocycles. The summed E-state index contributed by atoms with van der Waals surface area (Å²) in [4.78, 5) is 18.1. The standard InChI is InChI=1S/C14H21N3O/c1-10(2)16-13-8-7-12(9-15-13)17(3)14(18)11-5-4-6-11/h7-11H,4-6H2,1-3H3,(H,15,16). The first kappa shape index (κ1) is 12.9. The zero-order valence-corrected chi connectivity index (χ0v) is 11.3. The van der Waals surface area contributed by atoms with Gasteiger partial charge in [0, 0.05) is 19.0 Å². The number of rotatable bonds is 4. The second-order valence-corrected chi connectivity index (χ2v) is 5.23. The van der Waals surface area contributed by atoms with Crippen molar-refractivity contribution < 1.29 is 4.79 Å². The molecule has 0 unspecified atom stereocenters. The van der Waals surface area contributed by atoms with Crippen LogP contribution in [0.25, 0.3) is 0 Å². The number of pyridine rings is 1. The molecule has 1 saturated carbocycles. The summed E-state index contributed by atoms with van der Waals surface area (Å²) in [6, 6.07) is 4.21. The molecule has 1 aliphatic carbocycles. The van der Waals surface area contributed by atoms with Crippen LogP contribution < -0.4 is 10.2 Å². The number of carbonyl (C=O) groups is 1. The number of amides is 1. The highest BCUT2D eigenvalue weighted by Crippen LogP contribution is 2.29. The van der Waals surface area contributed by atoms with Gasteiger partial charge in [0.25, 0.3) is 0 Å². The van der Waals surface area contributed by atoms with Crippen molar-refractivity contribution in [1.29, 1.82) is 0 Å². The number of carbonyl (C=O) groups excluding carboxylic acids is 1. The molecule has 1 amide bonds. The van der Waals surface area contributed by atoms with E-state index in [4.69, 9.17) is 0 Å². The normalized spacial score (nSPS) is 15.3. The van der Waals surface area contributed by atoms with E-state index in [2.05, 4.69) is 24.1 Å². The fourth-order valence-corrected chi connectivity index (χ4v) is 2.02. The first-order chi connectivity index (χ1) is 8.58. The van der Waals surface area contributed by atoms with Gasteiger partial charge in [-0.2, -0.15) is 0 Å². The van der Waals surface area contributed by atoms with E-state index in [0.717, 1.165) is 24.3 Å². The molecule has 0 spiro atoms. The molecular formula is C14H21N3O. The van der Waals surface area contributed by atoms with Crippen molar-refractivity contribution in [3.05, 3.63) is 18.3 Å². The lowest BCUT2D eigenvalue weighted by Crippen LogP contribution is -2.36. The second-order valence-electron chi connectivity index (χ2n) is 5.23. The van der Waals surface area contributed by atoms with Crippen LogP contribution in [0.1, 0.15) is 33.1 Å². The molecule has 18 heavy (non-hydrogen) atoms. The van der Waals surface area contributed by atoms with Crippen LogP contribution in [0, 0.1) is 5.92 Å². The molecule has 0 atom stereocenters. The third-order valence-electron chi connectivity index (χ3n) is 3.36. The Bertz CT molecular complexity index is 410. The van der Waals surface area contributed by atoms with Crippen LogP contribution in [-0.4, -0.2) is 24.0 Å². The maximum atomic E-state index is 12.1. The van der Waals surface area contributed by atoms with Crippen LogP contribution in [0.5, 0.6) is 0 Å². The summed E-state index contributed by atoms with van der Waals surface area (Å²) in [5, 5.41) is 3.23. The molecular weight excluding hydrogens is 226 g/mol. The molecule has 0 aromatic carbocycles. The maximum Gasteiger partial charge on any atom is 0.229 e. The van der Waals surface area contributed by atoms with Crippen LogP contribution in [0.15, 0.2) is 18.3 Å². The van der Waals surface area contributed by atoms with Crippen molar-refractivity contribution in [2.45, 2.75) is 39.2 Å². The molecule has 1 heterocycles. The van der Waals surface area contributed by atoms with E-state index in [9.17, 15) is 4.79 Å². The molecule has 1 aromatic rings. The van der Waals surface area contributed by atoms with E-state index >= 15 is 0 Å². The van der Waals surface area contributed by atoms with E-state index < -0.39 is 0 Å². The first-order valence-electron chi connectivity index (χ1n) is 6.58. The van der Waals surface area contributed by atoms with Crippen LogP contribution in [-0.2, 0) is 4.79 Å². The average molecular weight is 247 g/mol. The molecule has 2 rings (SSSR count). The SMILES string of the molecule is CC(C)Nc1ccc(N(C)C(=O)C2CCC2)cn1. The summed E-state index contributed by atoms with van der Waals surface area (Å²) in [6.07, 6.45) is 4.99. The molecule has 1 fully saturated rings. The van der Waals surface area contributed by atoms with E-state index in [1.807, 2.05) is 19.2 Å². The first-order valence-corrected chi connectivity index (χ1v) is 6.58. The van der Waals surface area contributed by atoms with Gasteiger partial charge in [-0.05, 0) is 38.8 Å². The third kappa shape index (κ3) is 2.81. The lowest BCUT2D eigenvalue weighted by molar-refractivity contribution is -0.124. The van der Waals surface area contributed by atoms with Crippen LogP contribution >= 0.6 is 0 Å². The van der Waals surface area contributed by atoms with Crippen LogP contribution in [0.3, 0.4) is 0 Å². The number of nitrogens with zero attached hydrogens (tertiary/aromatic N) is 2. The Hall–Kier alpha value is -1.58. The molecule has 0 saturated heterocycles. The molecule has 4 nitrogen and oxygen atoms in total. The number of hydrogen-bond donors (Lipinski definition) is 1. The summed E-state index contributed by atoms with van der Waals surface area (Å²) < 4.78 is 0. The Morgan fingerprint density at radius 2 is 2.17 bits per heavy atom. The van der Waals surface area contributed by atoms with Crippen molar-refractivity contribution in [3.8, 4) is 0 Å². The van der Waals surface area contributed by atoms with Crippen molar-refractivity contribution in [3.63, 3.8) is 0 Å². The average Bonchev–Trinajstić information content (AvgIpc) is 2.26. The molecule has 98 valence electrons. The van der Waals surface area contributed by atoms with Crippen molar-refractivity contribution in [2.24, 2.45) is 5.92 Å². The second kappa shape index (κ2) is 5.38. The Morgan fingerprint density at radius 1 is 1.44 bits per heavy atom. The van der Waals surface area contributed by atoms with Crippen LogP contribution in [0.2, 0.25) is 0 Å². The van der Waals surface area contributed by atoms with E-state index in [1.54, 1.807) is 11.1 Å². The van der Waals surface area contributed by atoms with E-state index in [-0.39, 0.29) is 11.8 Å². The van der Waals surface area contributed by atoms with Crippen molar-refractivity contribution in [2.75, 3.05) is 17.3 Å². The lowest BCUT2D eigenvalue weighted by Gasteiger charge is -2.29. The monoisotopic (exact) mass is 247 g/mol. The molecule has 1 aromatic heterocycles. The van der Waals surface area contributed by atoms with E-state index in [1.165, 1.54) is 6.42 Å². The molecule has 0 radical (unpaired) electrons. The maximum absolute atomic E-state index is 12.1. The number of hydrogen-bond acceptors (Lipinski definition) is 3. The van der Waals surface area contributed by atoms with Gasteiger partial charge < -0.3 is 10.2 Å². The summed E-state index contributed by atoms with van der Waals surface area (Å²) in [5.41, 5.74) is 0.862. The van der Waals surface area contributed by atoms with Gasteiger partial charge >= 0.3 is 0 Å². The summed E-state index contributed by atoms with van der Waals surface area (Å²) in [7, 11) is 1.83. The summed E-state index contributed by atoms with van der Waals surface area (Å²) >= 11 is 0. The summed E-state index contributed by atoms with van der Waals surface area (Å²) in [6.45, 7) is 4.14. The smallest absolute Gasteiger partial charge is 0.229 e. The highest BCUT2D eigenvalue weighted by atomic mass is 16.2. The van der Waals surface area contributed by atoms with Crippen molar-refractivity contribution >= 4 is 17.4 Å². The minimum Gasteiger partial charge on any atom is -0.368 e. The fourth-order valence-electron chi connectivity index (χ4n) is 2.02. The zero-order chi connectivity index (χ0) is 13.1. The third-order valence-corrected chi connectivity index (χ3v) is 3.36. The predicted octanol–water partition coefficient (Wildman–Crippen LogP) is 2.66. The van der Waals surface area contributed by atoms with Gasteiger partial charge in [-0.25, -0.2) is 4.98 Å². The molecule has 0 bridgehead atoms. The van der Waals surface area contributed by atoms with Gasteiger partial charge in [-0.15, -0.1) is 0 Å². The Kier molecular flexibility index (Phi) is 3.84. The van der Waals surface area contributed by atoms with Gasteiger partial charge in [0.2, 0.25) is 5.91 Å². The molecule has 1 N–H and O–H groups in total. The fraction of sp³-hybridized carbons (Fsp3) is 0.571.